The fourth-order valence-electron chi connectivity index (χ4n) is 1.93. The summed E-state index contributed by atoms with van der Waals surface area (Å²) in [4.78, 5) is 17.4. The Balaban J connectivity index is 2.60. The number of likely N-dealkylation sites (N-methyl/N-ethyl adjacent to an activating group) is 1. The van der Waals surface area contributed by atoms with Gasteiger partial charge < -0.3 is 9.30 Å². The SMILES string of the molecule is [2H]c1c([2H])c(-c2nc3c([2H])c([2H])c(C)c([2H])n3c2C([2H])([2H])C(=O)N(C)C([2H])([2H])[2H])c([2H])c([2H])c1C. The number of fused-ring (bicyclic) bond motifs is 1. The Morgan fingerprint density at radius 2 is 1.96 bits per heavy atom. The molecule has 3 aromatic rings. The molecule has 1 amide bonds. The number of rotatable bonds is 3. The highest BCUT2D eigenvalue weighted by Crippen LogP contribution is 2.26. The Morgan fingerprint density at radius 1 is 1.26 bits per heavy atom. The monoisotopic (exact) mass is 319 g/mol. The van der Waals surface area contributed by atoms with Crippen LogP contribution in [-0.2, 0) is 11.2 Å². The molecular weight excluding hydrogens is 286 g/mol. The number of amides is 1. The van der Waals surface area contributed by atoms with Gasteiger partial charge in [-0.2, -0.15) is 0 Å². The number of imidazole rings is 1. The van der Waals surface area contributed by atoms with Crippen molar-refractivity contribution in [2.75, 3.05) is 14.0 Å². The van der Waals surface area contributed by atoms with Crippen LogP contribution in [0.4, 0.5) is 0 Å². The average Bonchev–Trinajstić information content (AvgIpc) is 3.18. The number of hydrogen-bond donors (Lipinski definition) is 0. The van der Waals surface area contributed by atoms with Crippen LogP contribution in [0.25, 0.3) is 16.9 Å². The Bertz CT molecular complexity index is 1360. The van der Waals surface area contributed by atoms with Crippen LogP contribution < -0.4 is 0 Å². The maximum atomic E-state index is 13.1. The van der Waals surface area contributed by atoms with E-state index < -0.39 is 78.2 Å². The minimum Gasteiger partial charge on any atom is -0.348 e. The van der Waals surface area contributed by atoms with Gasteiger partial charge in [0.1, 0.15) is 5.65 Å². The van der Waals surface area contributed by atoms with Crippen molar-refractivity contribution in [3.05, 3.63) is 59.2 Å². The highest BCUT2D eigenvalue weighted by Gasteiger charge is 2.18. The number of carbonyl (C=O) groups is 1. The van der Waals surface area contributed by atoms with E-state index in [2.05, 4.69) is 4.98 Å². The Hall–Kier alpha value is -2.62. The Morgan fingerprint density at radius 3 is 2.65 bits per heavy atom. The third kappa shape index (κ3) is 2.97. The van der Waals surface area contributed by atoms with E-state index in [-0.39, 0.29) is 22.1 Å². The molecule has 0 unspecified atom stereocenters. The molecule has 4 nitrogen and oxygen atoms in total. The van der Waals surface area contributed by atoms with Gasteiger partial charge in [0.15, 0.2) is 0 Å². The number of nitrogens with zero attached hydrogens (tertiary/aromatic N) is 3. The number of pyridine rings is 1. The molecule has 0 saturated heterocycles. The summed E-state index contributed by atoms with van der Waals surface area (Å²) in [5.41, 5.74) is -2.25. The minimum absolute atomic E-state index is 0.0157. The largest absolute Gasteiger partial charge is 0.348 e. The fraction of sp³-hybridized carbons (Fsp3) is 0.263. The van der Waals surface area contributed by atoms with Gasteiger partial charge in [0.2, 0.25) is 5.91 Å². The molecule has 2 aromatic heterocycles. The molecule has 0 bridgehead atoms. The smallest absolute Gasteiger partial charge is 0.228 e. The minimum atomic E-state index is -3.20. The van der Waals surface area contributed by atoms with Gasteiger partial charge in [-0.05, 0) is 25.5 Å². The summed E-state index contributed by atoms with van der Waals surface area (Å²) >= 11 is 0. The van der Waals surface area contributed by atoms with Gasteiger partial charge in [-0.25, -0.2) is 4.98 Å². The normalized spacial score (nSPS) is 19.6. The second-order valence-electron chi connectivity index (χ2n) is 4.94. The van der Waals surface area contributed by atoms with Crippen molar-refractivity contribution < 1.29 is 21.2 Å². The first-order chi connectivity index (χ1) is 15.9. The van der Waals surface area contributed by atoms with Crippen LogP contribution in [0, 0.1) is 13.8 Å². The van der Waals surface area contributed by atoms with Crippen molar-refractivity contribution in [2.24, 2.45) is 0 Å². The van der Waals surface area contributed by atoms with E-state index in [1.54, 1.807) is 0 Å². The van der Waals surface area contributed by atoms with E-state index >= 15 is 0 Å². The zero-order valence-electron chi connectivity index (χ0n) is 24.7. The summed E-state index contributed by atoms with van der Waals surface area (Å²) in [5, 5.41) is 0. The molecule has 4 heteroatoms. The average molecular weight is 319 g/mol. The first-order valence-corrected chi connectivity index (χ1v) is 6.72. The lowest BCUT2D eigenvalue weighted by Crippen LogP contribution is -2.24. The second-order valence-corrected chi connectivity index (χ2v) is 4.94. The molecule has 3 rings (SSSR count). The van der Waals surface area contributed by atoms with Gasteiger partial charge in [0.25, 0.3) is 0 Å². The van der Waals surface area contributed by atoms with Crippen molar-refractivity contribution in [1.29, 1.82) is 0 Å². The molecule has 0 atom stereocenters. The van der Waals surface area contributed by atoms with Gasteiger partial charge in [-0.3, -0.25) is 4.79 Å². The molecular formula is C19H21N3O. The lowest BCUT2D eigenvalue weighted by molar-refractivity contribution is -0.128. The maximum absolute atomic E-state index is 13.1. The molecule has 0 aliphatic rings. The lowest BCUT2D eigenvalue weighted by Gasteiger charge is -2.11. The Labute approximate surface area is 153 Å². The van der Waals surface area contributed by atoms with Crippen molar-refractivity contribution in [2.45, 2.75) is 20.2 Å². The molecule has 0 aliphatic carbocycles. The van der Waals surface area contributed by atoms with Gasteiger partial charge >= 0.3 is 0 Å². The van der Waals surface area contributed by atoms with E-state index in [1.807, 2.05) is 0 Å². The van der Waals surface area contributed by atoms with Crippen LogP contribution in [0.15, 0.2) is 42.4 Å². The zero-order valence-corrected chi connectivity index (χ0v) is 12.7. The second kappa shape index (κ2) is 5.88. The number of hydrogen-bond acceptors (Lipinski definition) is 2. The summed E-state index contributed by atoms with van der Waals surface area (Å²) < 4.78 is 98.4. The van der Waals surface area contributed by atoms with Crippen LogP contribution in [0.2, 0.25) is 0 Å². The maximum Gasteiger partial charge on any atom is 0.228 e. The number of benzene rings is 1. The van der Waals surface area contributed by atoms with Crippen LogP contribution in [0.3, 0.4) is 0 Å². The topological polar surface area (TPSA) is 37.6 Å². The van der Waals surface area contributed by atoms with Crippen LogP contribution in [0.1, 0.15) is 33.3 Å². The molecule has 1 aromatic carbocycles. The molecule has 0 aliphatic heterocycles. The van der Waals surface area contributed by atoms with E-state index in [0.29, 0.717) is 0 Å². The van der Waals surface area contributed by atoms with Crippen LogP contribution in [0.5, 0.6) is 0 Å². The fourth-order valence-corrected chi connectivity index (χ4v) is 1.93. The first-order valence-electron chi connectivity index (χ1n) is 12.7. The van der Waals surface area contributed by atoms with Crippen molar-refractivity contribution in [3.8, 4) is 11.3 Å². The zero-order chi connectivity index (χ0) is 26.9. The third-order valence-corrected chi connectivity index (χ3v) is 3.04. The molecule has 2 heterocycles. The lowest BCUT2D eigenvalue weighted by atomic mass is 10.1. The number of carbonyl (C=O) groups excluding carboxylic acids is 1. The predicted molar refractivity (Wildman–Crippen MR) is 92.5 cm³/mol. The summed E-state index contributed by atoms with van der Waals surface area (Å²) in [6.07, 6.45) is -3.71. The predicted octanol–water partition coefficient (Wildman–Crippen LogP) is 3.25. The van der Waals surface area contributed by atoms with Crippen LogP contribution >= 0.6 is 0 Å². The molecule has 118 valence electrons. The van der Waals surface area contributed by atoms with E-state index in [0.717, 1.165) is 11.4 Å². The highest BCUT2D eigenvalue weighted by atomic mass is 16.2. The summed E-state index contributed by atoms with van der Waals surface area (Å²) in [6.45, 7) is -0.324. The summed E-state index contributed by atoms with van der Waals surface area (Å²) in [5.74, 6) is -1.54. The van der Waals surface area contributed by atoms with Gasteiger partial charge in [-0.1, -0.05) is 35.8 Å². The highest BCUT2D eigenvalue weighted by molar-refractivity contribution is 5.81. The Kier molecular flexibility index (Phi) is 1.65. The van der Waals surface area contributed by atoms with E-state index in [1.165, 1.54) is 13.8 Å². The van der Waals surface area contributed by atoms with Crippen molar-refractivity contribution in [3.63, 3.8) is 0 Å². The van der Waals surface area contributed by atoms with E-state index in [9.17, 15) is 4.79 Å². The van der Waals surface area contributed by atoms with Gasteiger partial charge in [0.05, 0.1) is 27.4 Å². The van der Waals surface area contributed by atoms with Crippen molar-refractivity contribution >= 4 is 11.6 Å². The molecule has 0 saturated carbocycles. The molecule has 23 heavy (non-hydrogen) atoms. The van der Waals surface area contributed by atoms with Crippen LogP contribution in [-0.4, -0.2) is 34.2 Å². The van der Waals surface area contributed by atoms with E-state index in [4.69, 9.17) is 16.4 Å². The molecule has 0 radical (unpaired) electrons. The molecule has 0 spiro atoms. The summed E-state index contributed by atoms with van der Waals surface area (Å²) in [6, 6.07) is -2.99. The standard InChI is InChI=1S/C19H21N3O/c1-13-5-8-15(9-6-13)19-16(11-18(23)21(3)4)22-12-14(2)7-10-17(22)20-19/h5-10,12H,11H2,1-4H3/i3D3,5D,6D,7D,8D,9D,10D,11D2,12D. The summed E-state index contributed by atoms with van der Waals surface area (Å²) in [7, 11) is 0.863. The quantitative estimate of drug-likeness (QED) is 0.743. The third-order valence-electron chi connectivity index (χ3n) is 3.04. The van der Waals surface area contributed by atoms with Gasteiger partial charge in [0, 0.05) is 32.6 Å². The first kappa shape index (κ1) is 6.48. The van der Waals surface area contributed by atoms with Gasteiger partial charge in [-0.15, -0.1) is 0 Å². The number of aromatic nitrogens is 2. The molecule has 0 N–H and O–H groups in total. The molecule has 0 fully saturated rings. The van der Waals surface area contributed by atoms with Crippen molar-refractivity contribution in [1.82, 2.24) is 14.3 Å².